The van der Waals surface area contributed by atoms with Gasteiger partial charge in [-0.15, -0.1) is 0 Å². The van der Waals surface area contributed by atoms with Crippen LogP contribution in [-0.4, -0.2) is 41.5 Å². The van der Waals surface area contributed by atoms with Crippen molar-refractivity contribution in [3.05, 3.63) is 11.8 Å². The van der Waals surface area contributed by atoms with Crippen molar-refractivity contribution in [2.45, 2.75) is 25.3 Å². The van der Waals surface area contributed by atoms with E-state index in [0.717, 1.165) is 25.1 Å². The van der Waals surface area contributed by atoms with E-state index in [-0.39, 0.29) is 5.91 Å². The van der Waals surface area contributed by atoms with Gasteiger partial charge in [-0.25, -0.2) is 0 Å². The summed E-state index contributed by atoms with van der Waals surface area (Å²) in [4.78, 5) is 12.3. The molecular weight excluding hydrogens is 232 g/mol. The molecule has 0 radical (unpaired) electrons. The van der Waals surface area contributed by atoms with E-state index in [1.165, 1.54) is 0 Å². The van der Waals surface area contributed by atoms with Crippen molar-refractivity contribution in [2.24, 2.45) is 7.05 Å². The molecule has 1 amide bonds. The maximum atomic E-state index is 12.3. The standard InChI is InChI=1S/C12H20N4O2/c1-9-7-10(15-16(9)2)14-11(17)12(8-18-3)5-4-6-13-12/h7,13H,4-6,8H2,1-3H3,(H,14,15,17). The number of carbonyl (C=O) groups is 1. The van der Waals surface area contributed by atoms with E-state index < -0.39 is 5.54 Å². The predicted octanol–water partition coefficient (Wildman–Crippen LogP) is 0.436. The van der Waals surface area contributed by atoms with Gasteiger partial charge in [-0.3, -0.25) is 9.48 Å². The maximum absolute atomic E-state index is 12.3. The van der Waals surface area contributed by atoms with E-state index >= 15 is 0 Å². The Balaban J connectivity index is 2.10. The summed E-state index contributed by atoms with van der Waals surface area (Å²) in [7, 11) is 3.46. The van der Waals surface area contributed by atoms with Crippen molar-refractivity contribution in [1.29, 1.82) is 0 Å². The number of rotatable bonds is 4. The van der Waals surface area contributed by atoms with Gasteiger partial charge < -0.3 is 15.4 Å². The third kappa shape index (κ3) is 2.39. The number of aromatic nitrogens is 2. The first kappa shape index (κ1) is 13.0. The van der Waals surface area contributed by atoms with Crippen LogP contribution < -0.4 is 10.6 Å². The second kappa shape index (κ2) is 5.07. The highest BCUT2D eigenvalue weighted by Crippen LogP contribution is 2.22. The minimum atomic E-state index is -0.611. The van der Waals surface area contributed by atoms with E-state index in [2.05, 4.69) is 15.7 Å². The van der Waals surface area contributed by atoms with Crippen LogP contribution in [0, 0.1) is 6.92 Å². The Bertz CT molecular complexity index is 416. The third-order valence-electron chi connectivity index (χ3n) is 3.42. The Labute approximate surface area is 107 Å². The van der Waals surface area contributed by atoms with Crippen molar-refractivity contribution in [2.75, 3.05) is 25.6 Å². The molecule has 0 bridgehead atoms. The van der Waals surface area contributed by atoms with Crippen LogP contribution in [0.4, 0.5) is 5.82 Å². The molecule has 6 heteroatoms. The fourth-order valence-corrected chi connectivity index (χ4v) is 2.29. The van der Waals surface area contributed by atoms with Gasteiger partial charge in [-0.2, -0.15) is 5.10 Å². The first-order chi connectivity index (χ1) is 8.57. The molecule has 0 aliphatic carbocycles. The molecule has 1 aliphatic rings. The number of aryl methyl sites for hydroxylation is 2. The van der Waals surface area contributed by atoms with Gasteiger partial charge >= 0.3 is 0 Å². The molecule has 0 saturated carbocycles. The highest BCUT2D eigenvalue weighted by atomic mass is 16.5. The molecule has 18 heavy (non-hydrogen) atoms. The quantitative estimate of drug-likeness (QED) is 0.815. The number of hydrogen-bond donors (Lipinski definition) is 2. The summed E-state index contributed by atoms with van der Waals surface area (Å²) in [5.74, 6) is 0.518. The lowest BCUT2D eigenvalue weighted by atomic mass is 9.97. The second-order valence-corrected chi connectivity index (χ2v) is 4.79. The molecule has 1 aromatic rings. The smallest absolute Gasteiger partial charge is 0.248 e. The van der Waals surface area contributed by atoms with Gasteiger partial charge in [0, 0.05) is 25.9 Å². The molecule has 1 fully saturated rings. The molecule has 1 aromatic heterocycles. The van der Waals surface area contributed by atoms with E-state index in [1.807, 2.05) is 20.0 Å². The van der Waals surface area contributed by atoms with Crippen LogP contribution in [0.3, 0.4) is 0 Å². The zero-order valence-electron chi connectivity index (χ0n) is 11.1. The number of anilines is 1. The topological polar surface area (TPSA) is 68.2 Å². The molecule has 2 N–H and O–H groups in total. The summed E-state index contributed by atoms with van der Waals surface area (Å²) in [6, 6.07) is 1.85. The average Bonchev–Trinajstić information content (AvgIpc) is 2.89. The van der Waals surface area contributed by atoms with Gasteiger partial charge in [0.2, 0.25) is 5.91 Å². The number of carbonyl (C=O) groups excluding carboxylic acids is 1. The zero-order chi connectivity index (χ0) is 13.2. The summed E-state index contributed by atoms with van der Waals surface area (Å²) >= 11 is 0. The van der Waals surface area contributed by atoms with Crippen LogP contribution in [0.15, 0.2) is 6.07 Å². The molecule has 0 aromatic carbocycles. The molecule has 1 unspecified atom stereocenters. The largest absolute Gasteiger partial charge is 0.382 e. The van der Waals surface area contributed by atoms with Crippen molar-refractivity contribution < 1.29 is 9.53 Å². The lowest BCUT2D eigenvalue weighted by Gasteiger charge is -2.26. The van der Waals surface area contributed by atoms with Crippen molar-refractivity contribution in [3.63, 3.8) is 0 Å². The Morgan fingerprint density at radius 3 is 3.00 bits per heavy atom. The summed E-state index contributed by atoms with van der Waals surface area (Å²) in [6.07, 6.45) is 1.77. The highest BCUT2D eigenvalue weighted by Gasteiger charge is 2.41. The number of ether oxygens (including phenoxy) is 1. The van der Waals surface area contributed by atoms with Gasteiger partial charge in [0.15, 0.2) is 5.82 Å². The molecule has 1 saturated heterocycles. The number of methoxy groups -OCH3 is 1. The maximum Gasteiger partial charge on any atom is 0.248 e. The summed E-state index contributed by atoms with van der Waals surface area (Å²) in [5.41, 5.74) is 0.394. The van der Waals surface area contributed by atoms with Crippen LogP contribution in [0.5, 0.6) is 0 Å². The lowest BCUT2D eigenvalue weighted by Crippen LogP contribution is -2.54. The molecule has 1 aliphatic heterocycles. The molecular formula is C12H20N4O2. The number of hydrogen-bond acceptors (Lipinski definition) is 4. The number of amides is 1. The van der Waals surface area contributed by atoms with Gasteiger partial charge in [0.25, 0.3) is 0 Å². The number of nitrogens with one attached hydrogen (secondary N) is 2. The van der Waals surface area contributed by atoms with Crippen molar-refractivity contribution in [1.82, 2.24) is 15.1 Å². The van der Waals surface area contributed by atoms with Crippen LogP contribution in [0.2, 0.25) is 0 Å². The molecule has 100 valence electrons. The predicted molar refractivity (Wildman–Crippen MR) is 68.4 cm³/mol. The van der Waals surface area contributed by atoms with Crippen molar-refractivity contribution in [3.8, 4) is 0 Å². The minimum absolute atomic E-state index is 0.0695. The Hall–Kier alpha value is -1.40. The molecule has 6 nitrogen and oxygen atoms in total. The lowest BCUT2D eigenvalue weighted by molar-refractivity contribution is -0.123. The van der Waals surface area contributed by atoms with Crippen LogP contribution in [0.25, 0.3) is 0 Å². The SMILES string of the molecule is COCC1(C(=O)Nc2cc(C)n(C)n2)CCCN1. The van der Waals surface area contributed by atoms with Crippen LogP contribution >= 0.6 is 0 Å². The molecule has 0 spiro atoms. The first-order valence-electron chi connectivity index (χ1n) is 6.13. The fourth-order valence-electron chi connectivity index (χ4n) is 2.29. The Morgan fingerprint density at radius 1 is 1.72 bits per heavy atom. The Morgan fingerprint density at radius 2 is 2.50 bits per heavy atom. The molecule has 1 atom stereocenters. The summed E-state index contributed by atoms with van der Waals surface area (Å²) in [5, 5.41) is 10.3. The van der Waals surface area contributed by atoms with Gasteiger partial charge in [0.05, 0.1) is 6.61 Å². The van der Waals surface area contributed by atoms with E-state index in [0.29, 0.717) is 12.4 Å². The monoisotopic (exact) mass is 252 g/mol. The van der Waals surface area contributed by atoms with Gasteiger partial charge in [-0.1, -0.05) is 0 Å². The summed E-state index contributed by atoms with van der Waals surface area (Å²) in [6.45, 7) is 3.17. The normalized spacial score (nSPS) is 23.3. The fraction of sp³-hybridized carbons (Fsp3) is 0.667. The second-order valence-electron chi connectivity index (χ2n) is 4.79. The van der Waals surface area contributed by atoms with Crippen LogP contribution in [0.1, 0.15) is 18.5 Å². The highest BCUT2D eigenvalue weighted by molar-refractivity contribution is 5.97. The number of nitrogens with zero attached hydrogens (tertiary/aromatic N) is 2. The average molecular weight is 252 g/mol. The third-order valence-corrected chi connectivity index (χ3v) is 3.42. The van der Waals surface area contributed by atoms with E-state index in [1.54, 1.807) is 11.8 Å². The van der Waals surface area contributed by atoms with Gasteiger partial charge in [-0.05, 0) is 26.3 Å². The van der Waals surface area contributed by atoms with E-state index in [9.17, 15) is 4.79 Å². The van der Waals surface area contributed by atoms with Gasteiger partial charge in [0.1, 0.15) is 5.54 Å². The van der Waals surface area contributed by atoms with Crippen molar-refractivity contribution >= 4 is 11.7 Å². The zero-order valence-corrected chi connectivity index (χ0v) is 11.1. The molecule has 2 heterocycles. The van der Waals surface area contributed by atoms with E-state index in [4.69, 9.17) is 4.74 Å². The first-order valence-corrected chi connectivity index (χ1v) is 6.13. The van der Waals surface area contributed by atoms with Crippen LogP contribution in [-0.2, 0) is 16.6 Å². The minimum Gasteiger partial charge on any atom is -0.382 e. The molecule has 2 rings (SSSR count). The summed E-state index contributed by atoms with van der Waals surface area (Å²) < 4.78 is 6.90. The Kier molecular flexibility index (Phi) is 3.68.